The monoisotopic (exact) mass is 398 g/mol. The highest BCUT2D eigenvalue weighted by atomic mass is 32.1. The van der Waals surface area contributed by atoms with Crippen molar-refractivity contribution in [1.29, 1.82) is 0 Å². The van der Waals surface area contributed by atoms with Gasteiger partial charge in [0.2, 0.25) is 5.13 Å². The molecule has 2 aromatic heterocycles. The molecule has 2 heterocycles. The van der Waals surface area contributed by atoms with Crippen molar-refractivity contribution in [2.24, 2.45) is 16.5 Å². The third kappa shape index (κ3) is 5.58. The van der Waals surface area contributed by atoms with E-state index in [4.69, 9.17) is 15.9 Å². The molecule has 1 aromatic carbocycles. The summed E-state index contributed by atoms with van der Waals surface area (Å²) in [5, 5.41) is 8.02. The summed E-state index contributed by atoms with van der Waals surface area (Å²) < 4.78 is 5.65. The largest absolute Gasteiger partial charge is 0.458 e. The van der Waals surface area contributed by atoms with Gasteiger partial charge in [-0.2, -0.15) is 4.99 Å². The van der Waals surface area contributed by atoms with E-state index in [-0.39, 0.29) is 12.6 Å². The molecule has 1 atom stereocenters. The summed E-state index contributed by atoms with van der Waals surface area (Å²) in [5.41, 5.74) is 12.9. The van der Waals surface area contributed by atoms with E-state index in [1.165, 1.54) is 16.9 Å². The summed E-state index contributed by atoms with van der Waals surface area (Å²) in [6.45, 7) is 2.27. The first-order valence-corrected chi connectivity index (χ1v) is 9.60. The minimum atomic E-state index is -0.604. The fourth-order valence-electron chi connectivity index (χ4n) is 2.62. The molecule has 3 aromatic rings. The Balaban J connectivity index is 1.59. The fraction of sp³-hybridized carbons (Fsp3) is 0.211. The number of nitrogens with one attached hydrogen (secondary N) is 2. The average molecular weight is 398 g/mol. The van der Waals surface area contributed by atoms with Gasteiger partial charge in [0.15, 0.2) is 11.7 Å². The normalized spacial score (nSPS) is 12.5. The van der Waals surface area contributed by atoms with Gasteiger partial charge < -0.3 is 26.5 Å². The zero-order valence-corrected chi connectivity index (χ0v) is 16.2. The number of benzene rings is 1. The Hall–Kier alpha value is -3.33. The van der Waals surface area contributed by atoms with Crippen LogP contribution < -0.4 is 22.1 Å². The quantitative estimate of drug-likeness (QED) is 0.359. The fourth-order valence-corrected chi connectivity index (χ4v) is 3.31. The van der Waals surface area contributed by atoms with Gasteiger partial charge in [0.25, 0.3) is 0 Å². The summed E-state index contributed by atoms with van der Waals surface area (Å²) >= 11 is 1.36. The number of hydrogen-bond acceptors (Lipinski definition) is 5. The molecular formula is C19H22N6O2S. The van der Waals surface area contributed by atoms with Crippen LogP contribution in [0.2, 0.25) is 0 Å². The van der Waals surface area contributed by atoms with Crippen LogP contribution in [0.3, 0.4) is 0 Å². The van der Waals surface area contributed by atoms with E-state index >= 15 is 0 Å². The van der Waals surface area contributed by atoms with Crippen molar-refractivity contribution in [3.05, 3.63) is 59.2 Å². The number of furan rings is 1. The molecule has 1 unspecified atom stereocenters. The molecule has 0 aliphatic rings. The van der Waals surface area contributed by atoms with E-state index in [9.17, 15) is 4.79 Å². The third-order valence-electron chi connectivity index (χ3n) is 3.84. The number of hydrogen-bond donors (Lipinski definition) is 4. The zero-order valence-electron chi connectivity index (χ0n) is 15.4. The summed E-state index contributed by atoms with van der Waals surface area (Å²) in [6, 6.07) is 13.3. The number of amides is 2. The molecule has 0 saturated carbocycles. The molecular weight excluding hydrogens is 376 g/mol. The lowest BCUT2D eigenvalue weighted by Gasteiger charge is -2.14. The van der Waals surface area contributed by atoms with Gasteiger partial charge in [0.05, 0.1) is 6.54 Å². The smallest absolute Gasteiger partial charge is 0.312 e. The molecule has 2 amide bonds. The van der Waals surface area contributed by atoms with Gasteiger partial charge in [0.1, 0.15) is 11.5 Å². The predicted molar refractivity (Wildman–Crippen MR) is 110 cm³/mol. The van der Waals surface area contributed by atoms with Gasteiger partial charge in [-0.15, -0.1) is 11.3 Å². The molecule has 0 bridgehead atoms. The van der Waals surface area contributed by atoms with Crippen molar-refractivity contribution in [3.63, 3.8) is 0 Å². The lowest BCUT2D eigenvalue weighted by atomic mass is 10.1. The molecule has 6 N–H and O–H groups in total. The summed E-state index contributed by atoms with van der Waals surface area (Å²) in [6.07, 6.45) is 0.842. The van der Waals surface area contributed by atoms with E-state index in [0.29, 0.717) is 28.3 Å². The van der Waals surface area contributed by atoms with Gasteiger partial charge in [-0.1, -0.05) is 30.3 Å². The number of nitrogens with zero attached hydrogens (tertiary/aromatic N) is 2. The first kappa shape index (κ1) is 19.4. The first-order valence-electron chi connectivity index (χ1n) is 8.72. The van der Waals surface area contributed by atoms with E-state index in [2.05, 4.69) is 32.7 Å². The number of guanidine groups is 1. The van der Waals surface area contributed by atoms with Gasteiger partial charge in [-0.3, -0.25) is 0 Å². The maximum atomic E-state index is 10.8. The number of thiazole rings is 1. The van der Waals surface area contributed by atoms with Gasteiger partial charge in [-0.05, 0) is 31.0 Å². The standard InChI is InChI=1S/C19H22N6O2S/c1-12(9-13-5-3-2-4-6-13)23-17(20)25-19-24-15(11-28-19)16-8-7-14(27-16)10-22-18(21)26/h2-8,11-12H,9-10H2,1H3,(H3,21,22,26)(H3,20,23,24,25). The molecule has 146 valence electrons. The van der Waals surface area contributed by atoms with Crippen LogP contribution in [-0.2, 0) is 13.0 Å². The average Bonchev–Trinajstić information content (AvgIpc) is 3.29. The highest BCUT2D eigenvalue weighted by molar-refractivity contribution is 7.13. The maximum absolute atomic E-state index is 10.8. The number of rotatable bonds is 7. The second kappa shape index (κ2) is 9.05. The van der Waals surface area contributed by atoms with Crippen LogP contribution in [0.15, 0.2) is 57.3 Å². The molecule has 8 nitrogen and oxygen atoms in total. The Morgan fingerprint density at radius 2 is 2.04 bits per heavy atom. The number of carbonyl (C=O) groups excluding carboxylic acids is 1. The van der Waals surface area contributed by atoms with Crippen LogP contribution in [0, 0.1) is 0 Å². The molecule has 0 aliphatic carbocycles. The topological polar surface area (TPSA) is 132 Å². The number of aromatic nitrogens is 1. The number of urea groups is 1. The Bertz CT molecular complexity index is 950. The van der Waals surface area contributed by atoms with Crippen molar-refractivity contribution in [1.82, 2.24) is 15.6 Å². The maximum Gasteiger partial charge on any atom is 0.312 e. The van der Waals surface area contributed by atoms with Crippen LogP contribution >= 0.6 is 11.3 Å². The summed E-state index contributed by atoms with van der Waals surface area (Å²) in [5.74, 6) is 1.49. The van der Waals surface area contributed by atoms with Crippen molar-refractivity contribution in [2.45, 2.75) is 25.9 Å². The van der Waals surface area contributed by atoms with Crippen molar-refractivity contribution in [2.75, 3.05) is 0 Å². The number of aliphatic imine (C=N–C) groups is 1. The molecule has 3 rings (SSSR count). The van der Waals surface area contributed by atoms with Crippen LogP contribution in [0.1, 0.15) is 18.2 Å². The second-order valence-electron chi connectivity index (χ2n) is 6.23. The van der Waals surface area contributed by atoms with E-state index in [1.807, 2.05) is 30.5 Å². The Kier molecular flexibility index (Phi) is 6.28. The van der Waals surface area contributed by atoms with Crippen LogP contribution in [0.25, 0.3) is 11.5 Å². The number of carbonyl (C=O) groups is 1. The van der Waals surface area contributed by atoms with Gasteiger partial charge >= 0.3 is 6.03 Å². The lowest BCUT2D eigenvalue weighted by molar-refractivity contribution is 0.247. The number of primary amides is 1. The molecule has 28 heavy (non-hydrogen) atoms. The minimum absolute atomic E-state index is 0.135. The van der Waals surface area contributed by atoms with E-state index in [1.54, 1.807) is 12.1 Å². The Labute approximate surface area is 166 Å². The van der Waals surface area contributed by atoms with Crippen molar-refractivity contribution < 1.29 is 9.21 Å². The molecule has 0 radical (unpaired) electrons. The minimum Gasteiger partial charge on any atom is -0.458 e. The molecule has 0 fully saturated rings. The summed E-state index contributed by atoms with van der Waals surface area (Å²) in [7, 11) is 0. The highest BCUT2D eigenvalue weighted by Crippen LogP contribution is 2.28. The second-order valence-corrected chi connectivity index (χ2v) is 7.07. The molecule has 0 saturated heterocycles. The predicted octanol–water partition coefficient (Wildman–Crippen LogP) is 2.74. The van der Waals surface area contributed by atoms with Crippen molar-refractivity contribution >= 4 is 28.5 Å². The van der Waals surface area contributed by atoms with E-state index < -0.39 is 6.03 Å². The zero-order chi connectivity index (χ0) is 19.9. The van der Waals surface area contributed by atoms with Crippen molar-refractivity contribution in [3.8, 4) is 11.5 Å². The van der Waals surface area contributed by atoms with E-state index in [0.717, 1.165) is 6.42 Å². The van der Waals surface area contributed by atoms with Crippen LogP contribution in [0.4, 0.5) is 9.93 Å². The summed E-state index contributed by atoms with van der Waals surface area (Å²) in [4.78, 5) is 19.5. The van der Waals surface area contributed by atoms with Crippen LogP contribution in [-0.4, -0.2) is 23.0 Å². The van der Waals surface area contributed by atoms with Gasteiger partial charge in [-0.25, -0.2) is 9.78 Å². The molecule has 0 spiro atoms. The lowest BCUT2D eigenvalue weighted by Crippen LogP contribution is -2.39. The van der Waals surface area contributed by atoms with Crippen LogP contribution in [0.5, 0.6) is 0 Å². The van der Waals surface area contributed by atoms with Gasteiger partial charge in [0, 0.05) is 11.4 Å². The molecule has 0 aliphatic heterocycles. The highest BCUT2D eigenvalue weighted by Gasteiger charge is 2.10. The number of nitrogens with two attached hydrogens (primary N) is 2. The SMILES string of the molecule is CC(Cc1ccccc1)NC(N)=Nc1nc(-c2ccc(CNC(N)=O)o2)cs1. The third-order valence-corrected chi connectivity index (χ3v) is 4.57. The Morgan fingerprint density at radius 1 is 1.25 bits per heavy atom. The first-order chi connectivity index (χ1) is 13.5. The molecule has 9 heteroatoms. The Morgan fingerprint density at radius 3 is 2.79 bits per heavy atom.